The molecule has 4 heteroatoms. The van der Waals surface area contributed by atoms with Gasteiger partial charge in [0.05, 0.1) is 16.2 Å². The Labute approximate surface area is 121 Å². The zero-order valence-corrected chi connectivity index (χ0v) is 11.3. The summed E-state index contributed by atoms with van der Waals surface area (Å²) in [5.74, 6) is -0.113. The fraction of sp³-hybridized carbons (Fsp3) is 0. The summed E-state index contributed by atoms with van der Waals surface area (Å²) in [4.78, 5) is 16.9. The molecule has 1 heterocycles. The third-order valence-electron chi connectivity index (χ3n) is 3.14. The van der Waals surface area contributed by atoms with Crippen LogP contribution < -0.4 is 5.73 Å². The number of benzene rings is 2. The van der Waals surface area contributed by atoms with Crippen LogP contribution in [0.4, 0.5) is 5.69 Å². The van der Waals surface area contributed by atoms with Gasteiger partial charge in [-0.1, -0.05) is 29.8 Å². The molecule has 0 saturated heterocycles. The third-order valence-corrected chi connectivity index (χ3v) is 3.48. The minimum Gasteiger partial charge on any atom is -0.398 e. The van der Waals surface area contributed by atoms with Gasteiger partial charge in [0.25, 0.3) is 0 Å². The first-order chi connectivity index (χ1) is 9.66. The van der Waals surface area contributed by atoms with E-state index in [1.165, 1.54) is 0 Å². The summed E-state index contributed by atoms with van der Waals surface area (Å²) in [5, 5.41) is 1.37. The predicted molar refractivity (Wildman–Crippen MR) is 81.0 cm³/mol. The quantitative estimate of drug-likeness (QED) is 0.576. The van der Waals surface area contributed by atoms with Gasteiger partial charge in [0.15, 0.2) is 5.78 Å². The third kappa shape index (κ3) is 2.12. The van der Waals surface area contributed by atoms with Crippen LogP contribution in [0.3, 0.4) is 0 Å². The van der Waals surface area contributed by atoms with Crippen molar-refractivity contribution >= 4 is 34.0 Å². The lowest BCUT2D eigenvalue weighted by Crippen LogP contribution is -2.04. The van der Waals surface area contributed by atoms with Crippen LogP contribution in [0.2, 0.25) is 5.02 Å². The molecule has 3 nitrogen and oxygen atoms in total. The summed E-state index contributed by atoms with van der Waals surface area (Å²) in [6.45, 7) is 0. The summed E-state index contributed by atoms with van der Waals surface area (Å²) in [6.07, 6.45) is 1.68. The van der Waals surface area contributed by atoms with Crippen molar-refractivity contribution < 1.29 is 4.79 Å². The number of rotatable bonds is 2. The van der Waals surface area contributed by atoms with Crippen LogP contribution in [0.1, 0.15) is 15.9 Å². The molecule has 0 bridgehead atoms. The van der Waals surface area contributed by atoms with E-state index in [1.54, 1.807) is 30.5 Å². The zero-order valence-electron chi connectivity index (χ0n) is 10.5. The number of anilines is 1. The maximum absolute atomic E-state index is 12.6. The van der Waals surface area contributed by atoms with E-state index in [-0.39, 0.29) is 5.78 Å². The van der Waals surface area contributed by atoms with E-state index in [0.717, 1.165) is 5.39 Å². The van der Waals surface area contributed by atoms with Gasteiger partial charge >= 0.3 is 0 Å². The SMILES string of the molecule is Nc1cc(C(=O)c2cccc3cccnc23)ccc1Cl. The van der Waals surface area contributed by atoms with E-state index >= 15 is 0 Å². The van der Waals surface area contributed by atoms with Crippen molar-refractivity contribution in [3.63, 3.8) is 0 Å². The molecule has 0 saturated carbocycles. The monoisotopic (exact) mass is 282 g/mol. The number of halogens is 1. The lowest BCUT2D eigenvalue weighted by Gasteiger charge is -2.06. The Hall–Kier alpha value is -2.39. The Morgan fingerprint density at radius 2 is 1.90 bits per heavy atom. The van der Waals surface area contributed by atoms with Gasteiger partial charge in [0.2, 0.25) is 0 Å². The smallest absolute Gasteiger partial charge is 0.195 e. The van der Waals surface area contributed by atoms with Crippen molar-refractivity contribution in [1.29, 1.82) is 0 Å². The Balaban J connectivity index is 2.15. The molecule has 0 aliphatic carbocycles. The Morgan fingerprint density at radius 3 is 2.70 bits per heavy atom. The molecule has 0 atom stereocenters. The summed E-state index contributed by atoms with van der Waals surface area (Å²) in [6, 6.07) is 14.2. The number of nitrogens with zero attached hydrogens (tertiary/aromatic N) is 1. The van der Waals surface area contributed by atoms with Crippen LogP contribution in [-0.2, 0) is 0 Å². The fourth-order valence-corrected chi connectivity index (χ4v) is 2.25. The van der Waals surface area contributed by atoms with Crippen LogP contribution in [0.15, 0.2) is 54.7 Å². The topological polar surface area (TPSA) is 56.0 Å². The largest absolute Gasteiger partial charge is 0.398 e. The maximum Gasteiger partial charge on any atom is 0.195 e. The van der Waals surface area contributed by atoms with Crippen molar-refractivity contribution in [2.75, 3.05) is 5.73 Å². The van der Waals surface area contributed by atoms with E-state index < -0.39 is 0 Å². The number of nitrogens with two attached hydrogens (primary N) is 1. The molecule has 1 aromatic heterocycles. The Bertz CT molecular complexity index is 809. The van der Waals surface area contributed by atoms with Gasteiger partial charge in [0.1, 0.15) is 0 Å². The highest BCUT2D eigenvalue weighted by Gasteiger charge is 2.14. The molecule has 20 heavy (non-hydrogen) atoms. The van der Waals surface area contributed by atoms with Crippen molar-refractivity contribution in [1.82, 2.24) is 4.98 Å². The van der Waals surface area contributed by atoms with Gasteiger partial charge in [0, 0.05) is 22.7 Å². The van der Waals surface area contributed by atoms with E-state index in [1.807, 2.05) is 24.3 Å². The van der Waals surface area contributed by atoms with Crippen LogP contribution in [0, 0.1) is 0 Å². The number of aromatic nitrogens is 1. The van der Waals surface area contributed by atoms with Gasteiger partial charge in [-0.3, -0.25) is 9.78 Å². The number of pyridine rings is 1. The maximum atomic E-state index is 12.6. The molecule has 0 spiro atoms. The van der Waals surface area contributed by atoms with Crippen LogP contribution in [0.5, 0.6) is 0 Å². The molecule has 98 valence electrons. The van der Waals surface area contributed by atoms with E-state index in [2.05, 4.69) is 4.98 Å². The average Bonchev–Trinajstić information content (AvgIpc) is 2.49. The first-order valence-corrected chi connectivity index (χ1v) is 6.48. The van der Waals surface area contributed by atoms with Gasteiger partial charge < -0.3 is 5.73 Å². The number of fused-ring (bicyclic) bond motifs is 1. The molecular weight excluding hydrogens is 272 g/mol. The standard InChI is InChI=1S/C16H11ClN2O/c17-13-7-6-11(9-14(13)18)16(20)12-5-1-3-10-4-2-8-19-15(10)12/h1-9H,18H2. The summed E-state index contributed by atoms with van der Waals surface area (Å²) >= 11 is 5.88. The number of ketones is 1. The molecule has 0 amide bonds. The van der Waals surface area contributed by atoms with Crippen molar-refractivity contribution in [3.8, 4) is 0 Å². The molecule has 2 N–H and O–H groups in total. The minimum atomic E-state index is -0.113. The van der Waals surface area contributed by atoms with E-state index in [4.69, 9.17) is 17.3 Å². The van der Waals surface area contributed by atoms with Crippen LogP contribution in [0.25, 0.3) is 10.9 Å². The molecule has 0 aliphatic rings. The highest BCUT2D eigenvalue weighted by Crippen LogP contribution is 2.23. The van der Waals surface area contributed by atoms with Gasteiger partial charge in [-0.25, -0.2) is 0 Å². The molecule has 0 radical (unpaired) electrons. The Morgan fingerprint density at radius 1 is 1.10 bits per heavy atom. The second-order valence-electron chi connectivity index (χ2n) is 4.45. The predicted octanol–water partition coefficient (Wildman–Crippen LogP) is 3.70. The number of nitrogen functional groups attached to an aromatic ring is 1. The molecule has 0 aliphatic heterocycles. The van der Waals surface area contributed by atoms with E-state index in [9.17, 15) is 4.79 Å². The number of hydrogen-bond donors (Lipinski definition) is 1. The molecule has 0 fully saturated rings. The number of carbonyl (C=O) groups is 1. The van der Waals surface area contributed by atoms with Crippen molar-refractivity contribution in [3.05, 3.63) is 70.9 Å². The zero-order chi connectivity index (χ0) is 14.1. The highest BCUT2D eigenvalue weighted by atomic mass is 35.5. The summed E-state index contributed by atoms with van der Waals surface area (Å²) in [7, 11) is 0. The van der Waals surface area contributed by atoms with E-state index in [0.29, 0.717) is 27.4 Å². The van der Waals surface area contributed by atoms with Crippen LogP contribution in [-0.4, -0.2) is 10.8 Å². The molecule has 2 aromatic carbocycles. The Kier molecular flexibility index (Phi) is 3.12. The highest BCUT2D eigenvalue weighted by molar-refractivity contribution is 6.33. The summed E-state index contributed by atoms with van der Waals surface area (Å²) < 4.78 is 0. The average molecular weight is 283 g/mol. The minimum absolute atomic E-state index is 0.113. The molecular formula is C16H11ClN2O. The van der Waals surface area contributed by atoms with Gasteiger partial charge in [-0.15, -0.1) is 0 Å². The number of carbonyl (C=O) groups excluding carboxylic acids is 1. The normalized spacial score (nSPS) is 10.7. The van der Waals surface area contributed by atoms with Crippen molar-refractivity contribution in [2.24, 2.45) is 0 Å². The second-order valence-corrected chi connectivity index (χ2v) is 4.85. The first kappa shape index (κ1) is 12.6. The lowest BCUT2D eigenvalue weighted by atomic mass is 10.00. The van der Waals surface area contributed by atoms with Crippen molar-refractivity contribution in [2.45, 2.75) is 0 Å². The number of para-hydroxylation sites is 1. The lowest BCUT2D eigenvalue weighted by molar-refractivity contribution is 0.104. The molecule has 3 rings (SSSR count). The van der Waals surface area contributed by atoms with Gasteiger partial charge in [-0.05, 0) is 30.3 Å². The summed E-state index contributed by atoms with van der Waals surface area (Å²) in [5.41, 5.74) is 7.90. The molecule has 3 aromatic rings. The second kappa shape index (κ2) is 4.94. The van der Waals surface area contributed by atoms with Crippen LogP contribution >= 0.6 is 11.6 Å². The van der Waals surface area contributed by atoms with Gasteiger partial charge in [-0.2, -0.15) is 0 Å². The molecule has 0 unspecified atom stereocenters. The fourth-order valence-electron chi connectivity index (χ4n) is 2.13. The first-order valence-electron chi connectivity index (χ1n) is 6.10. The number of hydrogen-bond acceptors (Lipinski definition) is 3.